The van der Waals surface area contributed by atoms with Crippen LogP contribution in [0, 0.1) is 11.7 Å². The van der Waals surface area contributed by atoms with Gasteiger partial charge in [0.05, 0.1) is 5.56 Å². The van der Waals surface area contributed by atoms with Crippen molar-refractivity contribution in [2.45, 2.75) is 19.8 Å². The van der Waals surface area contributed by atoms with Crippen LogP contribution in [0.2, 0.25) is 0 Å². The van der Waals surface area contributed by atoms with Crippen molar-refractivity contribution in [3.63, 3.8) is 0 Å². The van der Waals surface area contributed by atoms with Crippen LogP contribution in [-0.4, -0.2) is 42.2 Å². The number of piperidine rings is 1. The third-order valence-corrected chi connectivity index (χ3v) is 3.72. The number of carboxylic acids is 1. The first-order chi connectivity index (χ1) is 9.56. The van der Waals surface area contributed by atoms with Crippen molar-refractivity contribution in [3.05, 3.63) is 29.6 Å². The van der Waals surface area contributed by atoms with Gasteiger partial charge in [0.1, 0.15) is 6.61 Å². The lowest BCUT2D eigenvalue weighted by Crippen LogP contribution is -2.35. The number of nitrogens with zero attached hydrogens (tertiary/aromatic N) is 1. The average Bonchev–Trinajstić information content (AvgIpc) is 2.42. The summed E-state index contributed by atoms with van der Waals surface area (Å²) in [6.07, 6.45) is 2.39. The van der Waals surface area contributed by atoms with E-state index < -0.39 is 11.8 Å². The Balaban J connectivity index is 1.81. The monoisotopic (exact) mass is 281 g/mol. The van der Waals surface area contributed by atoms with E-state index in [2.05, 4.69) is 11.8 Å². The highest BCUT2D eigenvalue weighted by Crippen LogP contribution is 2.19. The second kappa shape index (κ2) is 6.70. The van der Waals surface area contributed by atoms with Crippen LogP contribution < -0.4 is 4.74 Å². The van der Waals surface area contributed by atoms with Crippen LogP contribution in [0.25, 0.3) is 0 Å². The van der Waals surface area contributed by atoms with Crippen LogP contribution >= 0.6 is 0 Å². The number of aromatic carboxylic acids is 1. The lowest BCUT2D eigenvalue weighted by molar-refractivity contribution is 0.0696. The van der Waals surface area contributed by atoms with E-state index in [1.807, 2.05) is 0 Å². The van der Waals surface area contributed by atoms with Crippen molar-refractivity contribution in [2.75, 3.05) is 26.2 Å². The van der Waals surface area contributed by atoms with Gasteiger partial charge in [0.2, 0.25) is 0 Å². The number of carbonyl (C=O) groups is 1. The fourth-order valence-electron chi connectivity index (χ4n) is 2.32. The molecule has 1 fully saturated rings. The molecule has 4 nitrogen and oxygen atoms in total. The minimum atomic E-state index is -1.14. The Labute approximate surface area is 118 Å². The van der Waals surface area contributed by atoms with Crippen LogP contribution in [0.15, 0.2) is 18.2 Å². The van der Waals surface area contributed by atoms with Crippen LogP contribution in [0.1, 0.15) is 30.1 Å². The number of benzene rings is 1. The summed E-state index contributed by atoms with van der Waals surface area (Å²) in [5, 5.41) is 8.75. The summed E-state index contributed by atoms with van der Waals surface area (Å²) < 4.78 is 19.0. The molecule has 20 heavy (non-hydrogen) atoms. The Kier molecular flexibility index (Phi) is 4.95. The molecule has 0 unspecified atom stereocenters. The number of carboxylic acid groups (broad SMARTS) is 1. The number of likely N-dealkylation sites (tertiary alicyclic amines) is 1. The summed E-state index contributed by atoms with van der Waals surface area (Å²) in [5.41, 5.74) is -0.0696. The van der Waals surface area contributed by atoms with E-state index >= 15 is 0 Å². The highest BCUT2D eigenvalue weighted by molar-refractivity contribution is 5.87. The van der Waals surface area contributed by atoms with E-state index in [4.69, 9.17) is 9.84 Å². The normalized spacial score (nSPS) is 17.1. The van der Waals surface area contributed by atoms with E-state index in [1.165, 1.54) is 25.0 Å². The predicted molar refractivity (Wildman–Crippen MR) is 73.7 cm³/mol. The Morgan fingerprint density at radius 3 is 2.75 bits per heavy atom. The minimum absolute atomic E-state index is 0.0696. The molecule has 0 radical (unpaired) electrons. The first kappa shape index (κ1) is 14.8. The number of ether oxygens (including phenoxy) is 1. The second-order valence-electron chi connectivity index (χ2n) is 5.32. The summed E-state index contributed by atoms with van der Waals surface area (Å²) in [7, 11) is 0. The Morgan fingerprint density at radius 1 is 1.45 bits per heavy atom. The maximum atomic E-state index is 13.6. The molecule has 1 heterocycles. The lowest BCUT2D eigenvalue weighted by atomic mass is 9.99. The number of hydrogen-bond donors (Lipinski definition) is 1. The highest BCUT2D eigenvalue weighted by Gasteiger charge is 2.15. The van der Waals surface area contributed by atoms with Gasteiger partial charge in [0.15, 0.2) is 11.6 Å². The molecule has 0 amide bonds. The molecule has 0 atom stereocenters. The van der Waals surface area contributed by atoms with Gasteiger partial charge in [-0.3, -0.25) is 4.90 Å². The van der Waals surface area contributed by atoms with Gasteiger partial charge < -0.3 is 9.84 Å². The molecule has 1 aliphatic heterocycles. The van der Waals surface area contributed by atoms with E-state index in [9.17, 15) is 9.18 Å². The molecule has 110 valence electrons. The van der Waals surface area contributed by atoms with E-state index in [0.29, 0.717) is 6.61 Å². The zero-order chi connectivity index (χ0) is 14.5. The first-order valence-corrected chi connectivity index (χ1v) is 6.94. The van der Waals surface area contributed by atoms with Gasteiger partial charge in [-0.05, 0) is 50.0 Å². The van der Waals surface area contributed by atoms with Gasteiger partial charge in [0, 0.05) is 6.54 Å². The molecule has 0 aromatic heterocycles. The smallest absolute Gasteiger partial charge is 0.335 e. The SMILES string of the molecule is CC1CCN(CCOc2ccc(C(=O)O)cc2F)CC1. The fraction of sp³-hybridized carbons (Fsp3) is 0.533. The van der Waals surface area contributed by atoms with Crippen molar-refractivity contribution in [3.8, 4) is 5.75 Å². The van der Waals surface area contributed by atoms with Gasteiger partial charge in [0.25, 0.3) is 0 Å². The maximum absolute atomic E-state index is 13.6. The molecule has 1 aromatic carbocycles. The van der Waals surface area contributed by atoms with Gasteiger partial charge in [-0.1, -0.05) is 6.92 Å². The van der Waals surface area contributed by atoms with Crippen molar-refractivity contribution >= 4 is 5.97 Å². The van der Waals surface area contributed by atoms with Crippen molar-refractivity contribution in [1.29, 1.82) is 0 Å². The van der Waals surface area contributed by atoms with E-state index in [1.54, 1.807) is 0 Å². The number of rotatable bonds is 5. The molecule has 0 aliphatic carbocycles. The van der Waals surface area contributed by atoms with Gasteiger partial charge >= 0.3 is 5.97 Å². The summed E-state index contributed by atoms with van der Waals surface area (Å²) in [5.74, 6) is -0.872. The molecule has 0 bridgehead atoms. The summed E-state index contributed by atoms with van der Waals surface area (Å²) >= 11 is 0. The maximum Gasteiger partial charge on any atom is 0.335 e. The third kappa shape index (κ3) is 3.93. The molecule has 1 saturated heterocycles. The van der Waals surface area contributed by atoms with Crippen LogP contribution in [0.3, 0.4) is 0 Å². The van der Waals surface area contributed by atoms with Crippen molar-refractivity contribution in [2.24, 2.45) is 5.92 Å². The number of halogens is 1. The van der Waals surface area contributed by atoms with Gasteiger partial charge in [-0.2, -0.15) is 0 Å². The Hall–Kier alpha value is -1.62. The second-order valence-corrected chi connectivity index (χ2v) is 5.32. The van der Waals surface area contributed by atoms with Crippen LogP contribution in [0.5, 0.6) is 5.75 Å². The molecule has 1 N–H and O–H groups in total. The molecule has 0 saturated carbocycles. The zero-order valence-corrected chi connectivity index (χ0v) is 11.6. The predicted octanol–water partition coefficient (Wildman–Crippen LogP) is 2.63. The summed E-state index contributed by atoms with van der Waals surface area (Å²) in [6, 6.07) is 3.71. The molecule has 5 heteroatoms. The van der Waals surface area contributed by atoms with E-state index in [-0.39, 0.29) is 11.3 Å². The summed E-state index contributed by atoms with van der Waals surface area (Å²) in [4.78, 5) is 13.0. The number of hydrogen-bond acceptors (Lipinski definition) is 3. The van der Waals surface area contributed by atoms with E-state index in [0.717, 1.165) is 31.6 Å². The standard InChI is InChI=1S/C15H20FNO3/c1-11-4-6-17(7-5-11)8-9-20-14-3-2-12(15(18)19)10-13(14)16/h2-3,10-11H,4-9H2,1H3,(H,18,19). The van der Waals surface area contributed by atoms with Gasteiger partial charge in [-0.25, -0.2) is 9.18 Å². The Bertz CT molecular complexity index is 470. The molecule has 0 spiro atoms. The van der Waals surface area contributed by atoms with Crippen molar-refractivity contribution < 1.29 is 19.0 Å². The van der Waals surface area contributed by atoms with Gasteiger partial charge in [-0.15, -0.1) is 0 Å². The minimum Gasteiger partial charge on any atom is -0.489 e. The van der Waals surface area contributed by atoms with Crippen molar-refractivity contribution in [1.82, 2.24) is 4.90 Å². The summed E-state index contributed by atoms with van der Waals surface area (Å²) in [6.45, 7) is 5.56. The third-order valence-electron chi connectivity index (χ3n) is 3.72. The lowest BCUT2D eigenvalue weighted by Gasteiger charge is -2.29. The topological polar surface area (TPSA) is 49.8 Å². The molecular weight excluding hydrogens is 261 g/mol. The molecule has 1 aromatic rings. The molecular formula is C15H20FNO3. The highest BCUT2D eigenvalue weighted by atomic mass is 19.1. The first-order valence-electron chi connectivity index (χ1n) is 6.94. The average molecular weight is 281 g/mol. The molecule has 2 rings (SSSR count). The molecule has 1 aliphatic rings. The quantitative estimate of drug-likeness (QED) is 0.901. The zero-order valence-electron chi connectivity index (χ0n) is 11.6. The van der Waals surface area contributed by atoms with Crippen LogP contribution in [-0.2, 0) is 0 Å². The Morgan fingerprint density at radius 2 is 2.15 bits per heavy atom. The largest absolute Gasteiger partial charge is 0.489 e. The fourth-order valence-corrected chi connectivity index (χ4v) is 2.32. The van der Waals surface area contributed by atoms with Crippen LogP contribution in [0.4, 0.5) is 4.39 Å².